The van der Waals surface area contributed by atoms with Gasteiger partial charge in [-0.2, -0.15) is 8.42 Å². The number of sulfonamides is 1. The average molecular weight is 207 g/mol. The maximum Gasteiger partial charge on any atom is 0.326 e. The lowest BCUT2D eigenvalue weighted by Crippen LogP contribution is -3.13. The van der Waals surface area contributed by atoms with Crippen molar-refractivity contribution in [2.75, 3.05) is 0 Å². The number of hydroxylamine groups is 1. The van der Waals surface area contributed by atoms with Crippen molar-refractivity contribution in [3.8, 4) is 0 Å². The molecule has 0 aromatic carbocycles. The van der Waals surface area contributed by atoms with Crippen molar-refractivity contribution in [2.45, 2.75) is 37.9 Å². The Morgan fingerprint density at radius 2 is 2.00 bits per heavy atom. The van der Waals surface area contributed by atoms with Gasteiger partial charge in [-0.1, -0.05) is 6.92 Å². The van der Waals surface area contributed by atoms with Gasteiger partial charge in [-0.15, -0.1) is 0 Å². The molecule has 0 aromatic rings. The number of amides is 1. The van der Waals surface area contributed by atoms with Gasteiger partial charge in [-0.25, -0.2) is 9.26 Å². The lowest BCUT2D eigenvalue weighted by atomic mass is 10.5. The first-order valence-corrected chi connectivity index (χ1v) is 5.65. The summed E-state index contributed by atoms with van der Waals surface area (Å²) in [5.41, 5.74) is 0. The molecule has 0 heterocycles. The molecule has 1 amide bonds. The third-order valence-corrected chi connectivity index (χ3v) is 4.82. The van der Waals surface area contributed by atoms with E-state index in [4.69, 9.17) is 0 Å². The van der Waals surface area contributed by atoms with Crippen molar-refractivity contribution in [3.63, 3.8) is 0 Å². The third kappa shape index (κ3) is 1.61. The zero-order valence-electron chi connectivity index (χ0n) is 7.66. The molecule has 5 nitrogen and oxygen atoms in total. The Kier molecular flexibility index (Phi) is 2.48. The molecule has 0 aromatic heterocycles. The van der Waals surface area contributed by atoms with Crippen LogP contribution in [0, 0.1) is 5.21 Å². The lowest BCUT2D eigenvalue weighted by molar-refractivity contribution is -0.619. The predicted molar refractivity (Wildman–Crippen MR) is 46.2 cm³/mol. The lowest BCUT2D eigenvalue weighted by Gasteiger charge is -2.21. The highest BCUT2D eigenvalue weighted by molar-refractivity contribution is 7.87. The van der Waals surface area contributed by atoms with Gasteiger partial charge in [0, 0.05) is 0 Å². The molecule has 76 valence electrons. The van der Waals surface area contributed by atoms with E-state index in [-0.39, 0.29) is 6.42 Å². The molecular weight excluding hydrogens is 194 g/mol. The van der Waals surface area contributed by atoms with Gasteiger partial charge in [0.1, 0.15) is 4.75 Å². The molecule has 6 heteroatoms. The van der Waals surface area contributed by atoms with Crippen LogP contribution in [0.4, 0.5) is 0 Å². The van der Waals surface area contributed by atoms with Crippen LogP contribution in [0.5, 0.6) is 0 Å². The number of carbonyl (C=O) groups is 1. The van der Waals surface area contributed by atoms with Gasteiger partial charge in [0.05, 0.1) is 6.42 Å². The normalized spacial score (nSPS) is 22.4. The van der Waals surface area contributed by atoms with Crippen LogP contribution in [0.2, 0.25) is 0 Å². The summed E-state index contributed by atoms with van der Waals surface area (Å²) in [4.78, 5) is 10.9. The monoisotopic (exact) mass is 207 g/mol. The van der Waals surface area contributed by atoms with Crippen LogP contribution in [-0.2, 0) is 14.8 Å². The van der Waals surface area contributed by atoms with Gasteiger partial charge < -0.3 is 5.21 Å². The topological polar surface area (TPSA) is 78.7 Å². The van der Waals surface area contributed by atoms with E-state index in [2.05, 4.69) is 0 Å². The highest BCUT2D eigenvalue weighted by Crippen LogP contribution is 2.40. The van der Waals surface area contributed by atoms with E-state index in [9.17, 15) is 18.4 Å². The summed E-state index contributed by atoms with van der Waals surface area (Å²) in [7, 11) is -3.87. The van der Waals surface area contributed by atoms with Gasteiger partial charge in [0.25, 0.3) is 0 Å². The van der Waals surface area contributed by atoms with E-state index in [1.807, 2.05) is 0 Å². The van der Waals surface area contributed by atoms with Crippen molar-refractivity contribution in [3.05, 3.63) is 5.21 Å². The second-order valence-corrected chi connectivity index (χ2v) is 5.88. The van der Waals surface area contributed by atoms with Crippen LogP contribution in [0.1, 0.15) is 33.1 Å². The predicted octanol–water partition coefficient (Wildman–Crippen LogP) is -0.812. The maximum absolute atomic E-state index is 11.4. The standard InChI is InChI=1S/C7H13NO4S/c1-3-6(9)8(10)13(11,12)7(2)4-5-7/h8H,3-5H2,1-2H3. The molecule has 0 saturated heterocycles. The molecule has 1 atom stereocenters. The van der Waals surface area contributed by atoms with Crippen molar-refractivity contribution in [1.29, 1.82) is 0 Å². The minimum absolute atomic E-state index is 0.0475. The fraction of sp³-hybridized carbons (Fsp3) is 0.857. The molecule has 0 aliphatic heterocycles. The largest absolute Gasteiger partial charge is 0.611 e. The van der Waals surface area contributed by atoms with Crippen LogP contribution >= 0.6 is 0 Å². The van der Waals surface area contributed by atoms with Gasteiger partial charge in [-0.05, 0) is 19.8 Å². The summed E-state index contributed by atoms with van der Waals surface area (Å²) in [6, 6.07) is 0. The Hall–Kier alpha value is -0.460. The van der Waals surface area contributed by atoms with Gasteiger partial charge in [-0.3, -0.25) is 0 Å². The molecular formula is C7H13NO4S. The number of hydrogen-bond acceptors (Lipinski definition) is 4. The SMILES string of the molecule is CCC(=O)[NH+]([O-])S(=O)(=O)C1(C)CC1. The van der Waals surface area contributed by atoms with Crippen molar-refractivity contribution < 1.29 is 17.7 Å². The van der Waals surface area contributed by atoms with Crippen LogP contribution in [0.15, 0.2) is 0 Å². The molecule has 1 saturated carbocycles. The van der Waals surface area contributed by atoms with Crippen molar-refractivity contribution in [2.24, 2.45) is 0 Å². The van der Waals surface area contributed by atoms with E-state index in [1.54, 1.807) is 0 Å². The Morgan fingerprint density at radius 3 is 2.31 bits per heavy atom. The van der Waals surface area contributed by atoms with Crippen LogP contribution in [0.3, 0.4) is 0 Å². The Bertz CT molecular complexity index is 317. The van der Waals surface area contributed by atoms with Crippen LogP contribution in [0.25, 0.3) is 0 Å². The number of nitrogens with one attached hydrogen (secondary N) is 1. The summed E-state index contributed by atoms with van der Waals surface area (Å²) in [6.07, 6.45) is 0.921. The summed E-state index contributed by atoms with van der Waals surface area (Å²) in [6.45, 7) is 2.98. The minimum Gasteiger partial charge on any atom is -0.611 e. The quantitative estimate of drug-likeness (QED) is 0.614. The van der Waals surface area contributed by atoms with E-state index in [0.717, 1.165) is 0 Å². The van der Waals surface area contributed by atoms with Crippen LogP contribution in [-0.4, -0.2) is 19.1 Å². The zero-order chi connectivity index (χ0) is 10.3. The maximum atomic E-state index is 11.4. The van der Waals surface area contributed by atoms with Gasteiger partial charge in [0.2, 0.25) is 0 Å². The highest BCUT2D eigenvalue weighted by Gasteiger charge is 2.55. The minimum atomic E-state index is -3.87. The average Bonchev–Trinajstić information content (AvgIpc) is 2.82. The van der Waals surface area contributed by atoms with Gasteiger partial charge >= 0.3 is 15.9 Å². The fourth-order valence-electron chi connectivity index (χ4n) is 0.963. The molecule has 13 heavy (non-hydrogen) atoms. The Morgan fingerprint density at radius 1 is 1.54 bits per heavy atom. The second-order valence-electron chi connectivity index (χ2n) is 3.52. The molecule has 1 rings (SSSR count). The van der Waals surface area contributed by atoms with E-state index >= 15 is 0 Å². The van der Waals surface area contributed by atoms with E-state index in [0.29, 0.717) is 12.8 Å². The summed E-state index contributed by atoms with van der Waals surface area (Å²) < 4.78 is 20.7. The highest BCUT2D eigenvalue weighted by atomic mass is 32.2. The zero-order valence-corrected chi connectivity index (χ0v) is 8.48. The van der Waals surface area contributed by atoms with E-state index < -0.39 is 25.1 Å². The molecule has 1 aliphatic rings. The van der Waals surface area contributed by atoms with E-state index in [1.165, 1.54) is 13.8 Å². The van der Waals surface area contributed by atoms with Crippen molar-refractivity contribution in [1.82, 2.24) is 0 Å². The number of carbonyl (C=O) groups excluding carboxylic acids is 1. The first kappa shape index (κ1) is 10.6. The molecule has 1 fully saturated rings. The Labute approximate surface area is 77.4 Å². The number of rotatable bonds is 3. The Balaban J connectivity index is 2.88. The fourth-order valence-corrected chi connectivity index (χ4v) is 2.49. The third-order valence-electron chi connectivity index (χ3n) is 2.40. The molecule has 1 aliphatic carbocycles. The number of hydrogen-bond donors (Lipinski definition) is 1. The smallest absolute Gasteiger partial charge is 0.326 e. The molecule has 0 spiro atoms. The van der Waals surface area contributed by atoms with Gasteiger partial charge in [0.15, 0.2) is 0 Å². The number of quaternary nitrogens is 1. The summed E-state index contributed by atoms with van der Waals surface area (Å²) >= 11 is 0. The van der Waals surface area contributed by atoms with Crippen LogP contribution < -0.4 is 4.47 Å². The summed E-state index contributed by atoms with van der Waals surface area (Å²) in [5.74, 6) is -0.812. The first-order chi connectivity index (χ1) is 5.85. The van der Waals surface area contributed by atoms with Crippen molar-refractivity contribution >= 4 is 15.9 Å². The first-order valence-electron chi connectivity index (χ1n) is 4.17. The molecule has 0 bridgehead atoms. The molecule has 0 radical (unpaired) electrons. The second kappa shape index (κ2) is 3.04. The molecule has 1 unspecified atom stereocenters. The summed E-state index contributed by atoms with van der Waals surface area (Å²) in [5, 5.41) is 11.1. The molecule has 1 N–H and O–H groups in total.